The second-order valence-corrected chi connectivity index (χ2v) is 5.88. The van der Waals surface area contributed by atoms with E-state index in [2.05, 4.69) is 20.9 Å². The largest absolute Gasteiger partial charge is 0.486 e. The molecule has 0 saturated carbocycles. The van der Waals surface area contributed by atoms with Crippen LogP contribution in [0.5, 0.6) is 11.5 Å². The number of rotatable bonds is 3. The van der Waals surface area contributed by atoms with Crippen LogP contribution in [0.2, 0.25) is 0 Å². The maximum absolute atomic E-state index is 12.4. The molecule has 3 heterocycles. The van der Waals surface area contributed by atoms with Gasteiger partial charge in [0.25, 0.3) is 5.91 Å². The van der Waals surface area contributed by atoms with Gasteiger partial charge < -0.3 is 20.1 Å². The van der Waals surface area contributed by atoms with Gasteiger partial charge in [0.2, 0.25) is 0 Å². The lowest BCUT2D eigenvalue weighted by molar-refractivity contribution is 0.102. The van der Waals surface area contributed by atoms with Gasteiger partial charge in [-0.3, -0.25) is 4.79 Å². The molecule has 126 valence electrons. The first-order valence-electron chi connectivity index (χ1n) is 8.13. The van der Waals surface area contributed by atoms with Crippen molar-refractivity contribution in [1.29, 1.82) is 0 Å². The molecule has 1 aromatic carbocycles. The molecule has 1 aromatic heterocycles. The average molecular weight is 329 g/mol. The zero-order valence-corrected chi connectivity index (χ0v) is 13.2. The Bertz CT molecular complexity index is 739. The summed E-state index contributed by atoms with van der Waals surface area (Å²) in [6, 6.07) is 5.62. The second-order valence-electron chi connectivity index (χ2n) is 5.88. The number of hydrogen-bond acceptors (Lipinski definition) is 6. The first kappa shape index (κ1) is 14.9. The highest BCUT2D eigenvalue weighted by Crippen LogP contribution is 2.32. The van der Waals surface area contributed by atoms with E-state index < -0.39 is 0 Å². The predicted molar refractivity (Wildman–Crippen MR) is 86.5 cm³/mol. The van der Waals surface area contributed by atoms with E-state index in [0.29, 0.717) is 42.1 Å². The third-order valence-corrected chi connectivity index (χ3v) is 4.23. The molecule has 0 unspecified atom stereocenters. The van der Waals surface area contributed by atoms with E-state index in [1.165, 1.54) is 0 Å². The topological polar surface area (TPSA) is 90.3 Å². The van der Waals surface area contributed by atoms with Crippen LogP contribution in [0.4, 0.5) is 5.69 Å². The van der Waals surface area contributed by atoms with Gasteiger partial charge in [-0.25, -0.2) is 4.68 Å². The molecular formula is C16H19N5O3. The minimum Gasteiger partial charge on any atom is -0.486 e. The van der Waals surface area contributed by atoms with E-state index in [-0.39, 0.29) is 5.91 Å². The van der Waals surface area contributed by atoms with Gasteiger partial charge >= 0.3 is 0 Å². The molecule has 2 aromatic rings. The number of nitrogens with one attached hydrogen (secondary N) is 2. The van der Waals surface area contributed by atoms with Crippen molar-refractivity contribution in [1.82, 2.24) is 20.3 Å². The number of piperidine rings is 1. The summed E-state index contributed by atoms with van der Waals surface area (Å²) in [5, 5.41) is 14.2. The molecule has 0 radical (unpaired) electrons. The van der Waals surface area contributed by atoms with Crippen molar-refractivity contribution in [2.24, 2.45) is 0 Å². The molecular weight excluding hydrogens is 310 g/mol. The Kier molecular flexibility index (Phi) is 4.04. The summed E-state index contributed by atoms with van der Waals surface area (Å²) in [5.41, 5.74) is 0.948. The Morgan fingerprint density at radius 3 is 2.83 bits per heavy atom. The van der Waals surface area contributed by atoms with E-state index in [1.807, 2.05) is 0 Å². The van der Waals surface area contributed by atoms with Crippen LogP contribution in [0.15, 0.2) is 24.4 Å². The fourth-order valence-electron chi connectivity index (χ4n) is 2.95. The molecule has 0 aliphatic carbocycles. The number of benzene rings is 1. The summed E-state index contributed by atoms with van der Waals surface area (Å²) >= 11 is 0. The van der Waals surface area contributed by atoms with Gasteiger partial charge in [0.1, 0.15) is 13.2 Å². The molecule has 0 atom stereocenters. The van der Waals surface area contributed by atoms with E-state index in [4.69, 9.17) is 9.47 Å². The van der Waals surface area contributed by atoms with Crippen molar-refractivity contribution in [3.8, 4) is 11.5 Å². The first-order valence-corrected chi connectivity index (χ1v) is 8.13. The minimum atomic E-state index is -0.285. The van der Waals surface area contributed by atoms with Crippen molar-refractivity contribution in [3.05, 3.63) is 30.1 Å². The van der Waals surface area contributed by atoms with Gasteiger partial charge in [-0.2, -0.15) is 0 Å². The van der Waals surface area contributed by atoms with Gasteiger partial charge in [-0.1, -0.05) is 5.21 Å². The van der Waals surface area contributed by atoms with Crippen molar-refractivity contribution >= 4 is 11.6 Å². The molecule has 8 nitrogen and oxygen atoms in total. The van der Waals surface area contributed by atoms with Crippen LogP contribution < -0.4 is 20.1 Å². The highest BCUT2D eigenvalue weighted by Gasteiger charge is 2.19. The molecule has 24 heavy (non-hydrogen) atoms. The number of fused-ring (bicyclic) bond motifs is 1. The van der Waals surface area contributed by atoms with Crippen molar-refractivity contribution in [2.75, 3.05) is 31.6 Å². The number of aromatic nitrogens is 3. The number of ether oxygens (including phenoxy) is 2. The highest BCUT2D eigenvalue weighted by atomic mass is 16.6. The Hall–Kier alpha value is -2.61. The predicted octanol–water partition coefficient (Wildman–Crippen LogP) is 1.23. The summed E-state index contributed by atoms with van der Waals surface area (Å²) < 4.78 is 12.8. The van der Waals surface area contributed by atoms with Crippen LogP contribution in [0.1, 0.15) is 29.4 Å². The monoisotopic (exact) mass is 329 g/mol. The van der Waals surface area contributed by atoms with Crippen LogP contribution >= 0.6 is 0 Å². The second kappa shape index (κ2) is 6.48. The molecule has 0 bridgehead atoms. The SMILES string of the molecule is O=C(Nc1ccc2c(c1)OCCO2)c1cn(C2CCNCC2)nn1. The normalized spacial score (nSPS) is 17.5. The van der Waals surface area contributed by atoms with Gasteiger partial charge in [0.05, 0.1) is 12.2 Å². The number of hydrogen-bond donors (Lipinski definition) is 2. The molecule has 2 aliphatic rings. The van der Waals surface area contributed by atoms with Gasteiger partial charge in [-0.15, -0.1) is 5.10 Å². The van der Waals surface area contributed by atoms with Gasteiger partial charge in [0.15, 0.2) is 17.2 Å². The summed E-state index contributed by atoms with van der Waals surface area (Å²) in [6.07, 6.45) is 3.70. The molecule has 1 fully saturated rings. The summed E-state index contributed by atoms with van der Waals surface area (Å²) in [4.78, 5) is 12.4. The minimum absolute atomic E-state index is 0.285. The number of carbonyl (C=O) groups is 1. The first-order chi connectivity index (χ1) is 11.8. The summed E-state index contributed by atoms with van der Waals surface area (Å²) in [7, 11) is 0. The average Bonchev–Trinajstić information content (AvgIpc) is 3.13. The van der Waals surface area contributed by atoms with Crippen LogP contribution in [-0.4, -0.2) is 47.2 Å². The maximum Gasteiger partial charge on any atom is 0.277 e. The van der Waals surface area contributed by atoms with Crippen LogP contribution in [0.25, 0.3) is 0 Å². The smallest absolute Gasteiger partial charge is 0.277 e. The quantitative estimate of drug-likeness (QED) is 0.880. The van der Waals surface area contributed by atoms with E-state index in [1.54, 1.807) is 29.1 Å². The molecule has 4 rings (SSSR count). The molecule has 2 N–H and O–H groups in total. The molecule has 1 amide bonds. The van der Waals surface area contributed by atoms with Crippen molar-refractivity contribution < 1.29 is 14.3 Å². The van der Waals surface area contributed by atoms with Crippen LogP contribution in [-0.2, 0) is 0 Å². The molecule has 8 heteroatoms. The maximum atomic E-state index is 12.4. The van der Waals surface area contributed by atoms with E-state index in [0.717, 1.165) is 25.9 Å². The van der Waals surface area contributed by atoms with E-state index in [9.17, 15) is 4.79 Å². The van der Waals surface area contributed by atoms with Gasteiger partial charge in [0, 0.05) is 11.8 Å². The molecule has 1 saturated heterocycles. The number of carbonyl (C=O) groups excluding carboxylic acids is 1. The number of nitrogens with zero attached hydrogens (tertiary/aromatic N) is 3. The van der Waals surface area contributed by atoms with Crippen LogP contribution in [0.3, 0.4) is 0 Å². The third kappa shape index (κ3) is 3.05. The highest BCUT2D eigenvalue weighted by molar-refractivity contribution is 6.02. The molecule has 0 spiro atoms. The Labute approximate surface area is 139 Å². The van der Waals surface area contributed by atoms with Crippen LogP contribution in [0, 0.1) is 0 Å². The fraction of sp³-hybridized carbons (Fsp3) is 0.438. The van der Waals surface area contributed by atoms with Crippen molar-refractivity contribution in [3.63, 3.8) is 0 Å². The standard InChI is InChI=1S/C16H19N5O3/c22-16(13-10-21(20-19-13)12-3-5-17-6-4-12)18-11-1-2-14-15(9-11)24-8-7-23-14/h1-2,9-10,12,17H,3-8H2,(H,18,22). The summed E-state index contributed by atoms with van der Waals surface area (Å²) in [6.45, 7) is 2.97. The molecule has 2 aliphatic heterocycles. The van der Waals surface area contributed by atoms with Crippen molar-refractivity contribution in [2.45, 2.75) is 18.9 Å². The lowest BCUT2D eigenvalue weighted by Gasteiger charge is -2.22. The fourth-order valence-corrected chi connectivity index (χ4v) is 2.95. The zero-order valence-electron chi connectivity index (χ0n) is 13.2. The Balaban J connectivity index is 1.45. The number of anilines is 1. The zero-order chi connectivity index (χ0) is 16.4. The number of amides is 1. The third-order valence-electron chi connectivity index (χ3n) is 4.23. The Morgan fingerprint density at radius 1 is 1.21 bits per heavy atom. The van der Waals surface area contributed by atoms with E-state index >= 15 is 0 Å². The lowest BCUT2D eigenvalue weighted by Crippen LogP contribution is -2.29. The summed E-state index contributed by atoms with van der Waals surface area (Å²) in [5.74, 6) is 1.04. The van der Waals surface area contributed by atoms with Gasteiger partial charge in [-0.05, 0) is 38.1 Å². The Morgan fingerprint density at radius 2 is 2.00 bits per heavy atom. The lowest BCUT2D eigenvalue weighted by atomic mass is 10.1.